The van der Waals surface area contributed by atoms with Crippen LogP contribution in [0.15, 0.2) is 0 Å². The molecule has 0 aromatic heterocycles. The molecule has 0 saturated carbocycles. The van der Waals surface area contributed by atoms with Crippen LogP contribution in [0.25, 0.3) is 0 Å². The van der Waals surface area contributed by atoms with E-state index in [0.29, 0.717) is 11.5 Å². The number of ether oxygens (including phenoxy) is 1. The molecule has 2 atom stereocenters. The van der Waals surface area contributed by atoms with Gasteiger partial charge in [0.1, 0.15) is 0 Å². The molecule has 0 spiro atoms. The Kier molecular flexibility index (Phi) is 2.13. The lowest BCUT2D eigenvalue weighted by Crippen LogP contribution is -2.28. The van der Waals surface area contributed by atoms with E-state index in [4.69, 9.17) is 4.74 Å². The molecule has 0 aromatic rings. The van der Waals surface area contributed by atoms with Crippen molar-refractivity contribution < 1.29 is 4.74 Å². The topological polar surface area (TPSA) is 21.3 Å². The molecule has 0 aliphatic carbocycles. The first-order valence-electron chi connectivity index (χ1n) is 5.00. The first-order chi connectivity index (χ1) is 5.67. The molecule has 0 bridgehead atoms. The van der Waals surface area contributed by atoms with Crippen molar-refractivity contribution in [3.8, 4) is 0 Å². The van der Waals surface area contributed by atoms with E-state index in [-0.39, 0.29) is 0 Å². The Hall–Kier alpha value is -0.0800. The molecule has 2 nitrogen and oxygen atoms in total. The Morgan fingerprint density at radius 3 is 3.08 bits per heavy atom. The molecule has 0 unspecified atom stereocenters. The SMILES string of the molecule is CC1(C)CNC[C@@H]2CCO[C@@H]2C1. The Balaban J connectivity index is 2.04. The van der Waals surface area contributed by atoms with Crippen LogP contribution in [0.3, 0.4) is 0 Å². The zero-order valence-electron chi connectivity index (χ0n) is 8.10. The lowest BCUT2D eigenvalue weighted by molar-refractivity contribution is 0.0634. The van der Waals surface area contributed by atoms with E-state index in [9.17, 15) is 0 Å². The third kappa shape index (κ3) is 1.64. The highest BCUT2D eigenvalue weighted by Crippen LogP contribution is 2.33. The van der Waals surface area contributed by atoms with Crippen molar-refractivity contribution in [1.29, 1.82) is 0 Å². The largest absolute Gasteiger partial charge is 0.378 e. The molecule has 2 heterocycles. The van der Waals surface area contributed by atoms with Gasteiger partial charge in [-0.3, -0.25) is 0 Å². The number of nitrogens with one attached hydrogen (secondary N) is 1. The fourth-order valence-electron chi connectivity index (χ4n) is 2.36. The van der Waals surface area contributed by atoms with Gasteiger partial charge in [-0.2, -0.15) is 0 Å². The minimum absolute atomic E-state index is 0.420. The lowest BCUT2D eigenvalue weighted by Gasteiger charge is -2.25. The van der Waals surface area contributed by atoms with Gasteiger partial charge < -0.3 is 10.1 Å². The smallest absolute Gasteiger partial charge is 0.0621 e. The van der Waals surface area contributed by atoms with Gasteiger partial charge in [-0.1, -0.05) is 13.8 Å². The van der Waals surface area contributed by atoms with Crippen LogP contribution in [0.4, 0.5) is 0 Å². The molecular formula is C10H19NO. The Bertz CT molecular complexity index is 167. The first kappa shape index (κ1) is 8.52. The predicted octanol–water partition coefficient (Wildman–Crippen LogP) is 1.41. The normalized spacial score (nSPS) is 40.5. The number of fused-ring (bicyclic) bond motifs is 1. The summed E-state index contributed by atoms with van der Waals surface area (Å²) in [5, 5.41) is 3.53. The van der Waals surface area contributed by atoms with E-state index in [0.717, 1.165) is 25.6 Å². The van der Waals surface area contributed by atoms with Gasteiger partial charge in [-0.25, -0.2) is 0 Å². The second-order valence-corrected chi connectivity index (χ2v) is 4.96. The summed E-state index contributed by atoms with van der Waals surface area (Å²) in [5.41, 5.74) is 0.420. The molecule has 70 valence electrons. The fourth-order valence-corrected chi connectivity index (χ4v) is 2.36. The molecule has 2 saturated heterocycles. The zero-order chi connectivity index (χ0) is 8.60. The van der Waals surface area contributed by atoms with E-state index in [1.807, 2.05) is 0 Å². The third-order valence-corrected chi connectivity index (χ3v) is 3.11. The summed E-state index contributed by atoms with van der Waals surface area (Å²) in [5.74, 6) is 0.784. The quantitative estimate of drug-likeness (QED) is 0.592. The standard InChI is InChI=1S/C10H19NO/c1-10(2)5-9-8(3-4-12-9)6-11-7-10/h8-9,11H,3-7H2,1-2H3/t8-,9+/m0/s1. The summed E-state index contributed by atoms with van der Waals surface area (Å²) < 4.78 is 5.73. The molecule has 0 amide bonds. The summed E-state index contributed by atoms with van der Waals surface area (Å²) in [4.78, 5) is 0. The van der Waals surface area contributed by atoms with Crippen LogP contribution in [0.5, 0.6) is 0 Å². The van der Waals surface area contributed by atoms with Crippen LogP contribution < -0.4 is 5.32 Å². The summed E-state index contributed by atoms with van der Waals surface area (Å²) in [6, 6.07) is 0. The van der Waals surface area contributed by atoms with Crippen LogP contribution >= 0.6 is 0 Å². The predicted molar refractivity (Wildman–Crippen MR) is 49.1 cm³/mol. The van der Waals surface area contributed by atoms with E-state index in [2.05, 4.69) is 19.2 Å². The minimum Gasteiger partial charge on any atom is -0.378 e. The van der Waals surface area contributed by atoms with Crippen LogP contribution in [-0.4, -0.2) is 25.8 Å². The van der Waals surface area contributed by atoms with Crippen LogP contribution in [-0.2, 0) is 4.74 Å². The minimum atomic E-state index is 0.420. The van der Waals surface area contributed by atoms with Gasteiger partial charge in [0.2, 0.25) is 0 Å². The van der Waals surface area contributed by atoms with Crippen molar-refractivity contribution >= 4 is 0 Å². The maximum absolute atomic E-state index is 5.73. The zero-order valence-corrected chi connectivity index (χ0v) is 8.10. The van der Waals surface area contributed by atoms with Crippen molar-refractivity contribution in [2.45, 2.75) is 32.8 Å². The molecule has 1 N–H and O–H groups in total. The summed E-state index contributed by atoms with van der Waals surface area (Å²) in [7, 11) is 0. The molecule has 2 aliphatic heterocycles. The highest BCUT2D eigenvalue weighted by molar-refractivity contribution is 4.88. The van der Waals surface area contributed by atoms with E-state index in [1.54, 1.807) is 0 Å². The van der Waals surface area contributed by atoms with Crippen molar-refractivity contribution in [3.63, 3.8) is 0 Å². The molecule has 12 heavy (non-hydrogen) atoms. The van der Waals surface area contributed by atoms with Gasteiger partial charge in [-0.05, 0) is 24.2 Å². The number of rotatable bonds is 0. The lowest BCUT2D eigenvalue weighted by atomic mass is 9.85. The van der Waals surface area contributed by atoms with Crippen LogP contribution in [0.1, 0.15) is 26.7 Å². The Morgan fingerprint density at radius 1 is 1.42 bits per heavy atom. The average Bonchev–Trinajstić information content (AvgIpc) is 2.31. The molecular weight excluding hydrogens is 150 g/mol. The van der Waals surface area contributed by atoms with Gasteiger partial charge in [0.15, 0.2) is 0 Å². The van der Waals surface area contributed by atoms with Gasteiger partial charge in [0.05, 0.1) is 6.10 Å². The van der Waals surface area contributed by atoms with Crippen molar-refractivity contribution in [3.05, 3.63) is 0 Å². The third-order valence-electron chi connectivity index (χ3n) is 3.11. The Morgan fingerprint density at radius 2 is 2.25 bits per heavy atom. The molecule has 2 rings (SSSR count). The van der Waals surface area contributed by atoms with Gasteiger partial charge in [0, 0.05) is 19.7 Å². The maximum atomic E-state index is 5.73. The molecule has 0 aromatic carbocycles. The van der Waals surface area contributed by atoms with Crippen molar-refractivity contribution in [1.82, 2.24) is 5.32 Å². The highest BCUT2D eigenvalue weighted by Gasteiger charge is 2.35. The number of hydrogen-bond acceptors (Lipinski definition) is 2. The average molecular weight is 169 g/mol. The van der Waals surface area contributed by atoms with E-state index < -0.39 is 0 Å². The molecule has 0 radical (unpaired) electrons. The van der Waals surface area contributed by atoms with Crippen LogP contribution in [0.2, 0.25) is 0 Å². The Labute approximate surface area is 74.7 Å². The summed E-state index contributed by atoms with van der Waals surface area (Å²) in [6.07, 6.45) is 3.02. The molecule has 2 heteroatoms. The first-order valence-corrected chi connectivity index (χ1v) is 5.00. The van der Waals surface area contributed by atoms with Crippen LogP contribution in [0, 0.1) is 11.3 Å². The van der Waals surface area contributed by atoms with Crippen molar-refractivity contribution in [2.24, 2.45) is 11.3 Å². The monoisotopic (exact) mass is 169 g/mol. The summed E-state index contributed by atoms with van der Waals surface area (Å²) >= 11 is 0. The molecule has 2 fully saturated rings. The van der Waals surface area contributed by atoms with Gasteiger partial charge >= 0.3 is 0 Å². The highest BCUT2D eigenvalue weighted by atomic mass is 16.5. The van der Waals surface area contributed by atoms with Gasteiger partial charge in [-0.15, -0.1) is 0 Å². The summed E-state index contributed by atoms with van der Waals surface area (Å²) in [6.45, 7) is 7.93. The second-order valence-electron chi connectivity index (χ2n) is 4.96. The van der Waals surface area contributed by atoms with Gasteiger partial charge in [0.25, 0.3) is 0 Å². The van der Waals surface area contributed by atoms with E-state index >= 15 is 0 Å². The molecule has 2 aliphatic rings. The second kappa shape index (κ2) is 3.00. The van der Waals surface area contributed by atoms with E-state index in [1.165, 1.54) is 12.8 Å². The van der Waals surface area contributed by atoms with Crippen molar-refractivity contribution in [2.75, 3.05) is 19.7 Å². The maximum Gasteiger partial charge on any atom is 0.0621 e. The fraction of sp³-hybridized carbons (Fsp3) is 1.00. The number of hydrogen-bond donors (Lipinski definition) is 1.